The van der Waals surface area contributed by atoms with Gasteiger partial charge < -0.3 is 10.1 Å². The lowest BCUT2D eigenvalue weighted by molar-refractivity contribution is -0.120. The van der Waals surface area contributed by atoms with Gasteiger partial charge in [0.2, 0.25) is 5.91 Å². The van der Waals surface area contributed by atoms with Crippen molar-refractivity contribution in [2.75, 3.05) is 11.9 Å². The van der Waals surface area contributed by atoms with Gasteiger partial charge in [-0.1, -0.05) is 0 Å². The molecular formula is C16H23N3O3. The fraction of sp³-hybridized carbons (Fsp3) is 0.562. The summed E-state index contributed by atoms with van der Waals surface area (Å²) in [4.78, 5) is 30.2. The molecule has 1 saturated heterocycles. The number of hydrogen-bond donors (Lipinski definition) is 1. The molecule has 120 valence electrons. The Morgan fingerprint density at radius 2 is 2.14 bits per heavy atom. The van der Waals surface area contributed by atoms with Crippen molar-refractivity contribution < 1.29 is 14.3 Å². The first kappa shape index (κ1) is 16.3. The minimum absolute atomic E-state index is 0.221. The highest BCUT2D eigenvalue weighted by Gasteiger charge is 2.36. The molecule has 22 heavy (non-hydrogen) atoms. The second kappa shape index (κ2) is 6.34. The number of nitrogens with zero attached hydrogens (tertiary/aromatic N) is 2. The van der Waals surface area contributed by atoms with E-state index in [0.717, 1.165) is 12.0 Å². The first-order chi connectivity index (χ1) is 10.3. The van der Waals surface area contributed by atoms with Crippen molar-refractivity contribution in [3.8, 4) is 0 Å². The first-order valence-corrected chi connectivity index (χ1v) is 7.49. The third kappa shape index (κ3) is 4.19. The van der Waals surface area contributed by atoms with E-state index in [1.807, 2.05) is 33.8 Å². The summed E-state index contributed by atoms with van der Waals surface area (Å²) in [6.45, 7) is 7.90. The molecule has 1 fully saturated rings. The fourth-order valence-electron chi connectivity index (χ4n) is 2.39. The zero-order valence-electron chi connectivity index (χ0n) is 13.5. The number of likely N-dealkylation sites (tertiary alicyclic amines) is 1. The Morgan fingerprint density at radius 3 is 2.77 bits per heavy atom. The fourth-order valence-corrected chi connectivity index (χ4v) is 2.39. The van der Waals surface area contributed by atoms with Gasteiger partial charge in [0.15, 0.2) is 0 Å². The van der Waals surface area contributed by atoms with Crippen molar-refractivity contribution in [2.24, 2.45) is 0 Å². The zero-order chi connectivity index (χ0) is 16.3. The van der Waals surface area contributed by atoms with Crippen LogP contribution in [0.1, 0.15) is 39.2 Å². The summed E-state index contributed by atoms with van der Waals surface area (Å²) in [6.07, 6.45) is 2.63. The van der Waals surface area contributed by atoms with E-state index in [1.54, 1.807) is 12.3 Å². The Bertz CT molecular complexity index is 566. The van der Waals surface area contributed by atoms with Gasteiger partial charge in [0, 0.05) is 12.7 Å². The Morgan fingerprint density at radius 1 is 1.41 bits per heavy atom. The summed E-state index contributed by atoms with van der Waals surface area (Å²) in [7, 11) is 0. The van der Waals surface area contributed by atoms with Crippen LogP contribution in [0.15, 0.2) is 18.3 Å². The standard InChI is InChI=1S/C16H23N3O3/c1-11-7-8-17-13(10-11)18-14(20)12-6-5-9-19(12)15(21)22-16(2,3)4/h7-8,10,12H,5-6,9H2,1-4H3,(H,17,18,20). The predicted octanol–water partition coefficient (Wildman–Crippen LogP) is 2.73. The Hall–Kier alpha value is -2.11. The number of aryl methyl sites for hydroxylation is 1. The highest BCUT2D eigenvalue weighted by molar-refractivity contribution is 5.96. The second-order valence-corrected chi connectivity index (χ2v) is 6.54. The summed E-state index contributed by atoms with van der Waals surface area (Å²) in [6, 6.07) is 3.15. The van der Waals surface area contributed by atoms with Crippen LogP contribution in [0.4, 0.5) is 10.6 Å². The SMILES string of the molecule is Cc1ccnc(NC(=O)C2CCCN2C(=O)OC(C)(C)C)c1. The lowest BCUT2D eigenvalue weighted by Gasteiger charge is -2.27. The van der Waals surface area contributed by atoms with Gasteiger partial charge in [-0.2, -0.15) is 0 Å². The second-order valence-electron chi connectivity index (χ2n) is 6.54. The van der Waals surface area contributed by atoms with E-state index in [0.29, 0.717) is 18.8 Å². The minimum atomic E-state index is -0.571. The maximum Gasteiger partial charge on any atom is 0.410 e. The molecule has 1 atom stereocenters. The normalized spacial score (nSPS) is 18.2. The van der Waals surface area contributed by atoms with Crippen LogP contribution in [-0.4, -0.2) is 40.1 Å². The maximum absolute atomic E-state index is 12.4. The average Bonchev–Trinajstić information content (AvgIpc) is 2.85. The molecule has 2 amide bonds. The quantitative estimate of drug-likeness (QED) is 0.912. The molecule has 1 aromatic rings. The molecule has 6 nitrogen and oxygen atoms in total. The van der Waals surface area contributed by atoms with Gasteiger partial charge in [0.25, 0.3) is 0 Å². The highest BCUT2D eigenvalue weighted by Crippen LogP contribution is 2.22. The van der Waals surface area contributed by atoms with Crippen LogP contribution in [-0.2, 0) is 9.53 Å². The molecule has 1 aromatic heterocycles. The lowest BCUT2D eigenvalue weighted by atomic mass is 10.2. The number of hydrogen-bond acceptors (Lipinski definition) is 4. The summed E-state index contributed by atoms with van der Waals surface area (Å²) >= 11 is 0. The maximum atomic E-state index is 12.4. The Labute approximate surface area is 130 Å². The summed E-state index contributed by atoms with van der Waals surface area (Å²) in [5.41, 5.74) is 0.444. The summed E-state index contributed by atoms with van der Waals surface area (Å²) in [5.74, 6) is 0.280. The molecular weight excluding hydrogens is 282 g/mol. The zero-order valence-corrected chi connectivity index (χ0v) is 13.5. The molecule has 1 N–H and O–H groups in total. The van der Waals surface area contributed by atoms with E-state index < -0.39 is 17.7 Å². The van der Waals surface area contributed by atoms with E-state index in [1.165, 1.54) is 4.90 Å². The molecule has 6 heteroatoms. The molecule has 0 spiro atoms. The molecule has 0 bridgehead atoms. The molecule has 1 unspecified atom stereocenters. The first-order valence-electron chi connectivity index (χ1n) is 7.49. The summed E-state index contributed by atoms with van der Waals surface area (Å²) < 4.78 is 5.36. The Balaban J connectivity index is 2.03. The molecule has 0 aromatic carbocycles. The van der Waals surface area contributed by atoms with Gasteiger partial charge in [0.1, 0.15) is 17.5 Å². The van der Waals surface area contributed by atoms with Gasteiger partial charge in [-0.25, -0.2) is 9.78 Å². The molecule has 2 rings (SSSR count). The van der Waals surface area contributed by atoms with Crippen LogP contribution >= 0.6 is 0 Å². The van der Waals surface area contributed by atoms with Crippen molar-refractivity contribution in [2.45, 2.75) is 52.2 Å². The molecule has 1 aliphatic heterocycles. The van der Waals surface area contributed by atoms with Crippen LogP contribution in [0.2, 0.25) is 0 Å². The van der Waals surface area contributed by atoms with Gasteiger partial charge in [-0.05, 0) is 58.2 Å². The minimum Gasteiger partial charge on any atom is -0.444 e. The molecule has 0 radical (unpaired) electrons. The predicted molar refractivity (Wildman–Crippen MR) is 83.6 cm³/mol. The van der Waals surface area contributed by atoms with E-state index in [2.05, 4.69) is 10.3 Å². The number of ether oxygens (including phenoxy) is 1. The van der Waals surface area contributed by atoms with Gasteiger partial charge in [0.05, 0.1) is 0 Å². The van der Waals surface area contributed by atoms with Crippen LogP contribution in [0, 0.1) is 6.92 Å². The van der Waals surface area contributed by atoms with Crippen LogP contribution in [0.25, 0.3) is 0 Å². The van der Waals surface area contributed by atoms with Gasteiger partial charge in [-0.3, -0.25) is 9.69 Å². The van der Waals surface area contributed by atoms with E-state index in [4.69, 9.17) is 4.74 Å². The lowest BCUT2D eigenvalue weighted by Crippen LogP contribution is -2.45. The molecule has 1 aliphatic rings. The van der Waals surface area contributed by atoms with E-state index in [9.17, 15) is 9.59 Å². The highest BCUT2D eigenvalue weighted by atomic mass is 16.6. The van der Waals surface area contributed by atoms with Crippen molar-refractivity contribution in [3.63, 3.8) is 0 Å². The van der Waals surface area contributed by atoms with E-state index >= 15 is 0 Å². The number of rotatable bonds is 2. The van der Waals surface area contributed by atoms with Crippen LogP contribution in [0.5, 0.6) is 0 Å². The molecule has 0 saturated carbocycles. The topological polar surface area (TPSA) is 71.5 Å². The van der Waals surface area contributed by atoms with E-state index in [-0.39, 0.29) is 5.91 Å². The van der Waals surface area contributed by atoms with Crippen LogP contribution in [0.3, 0.4) is 0 Å². The molecule has 0 aliphatic carbocycles. The number of anilines is 1. The van der Waals surface area contributed by atoms with Crippen LogP contribution < -0.4 is 5.32 Å². The largest absolute Gasteiger partial charge is 0.444 e. The number of aromatic nitrogens is 1. The average molecular weight is 305 g/mol. The Kier molecular flexibility index (Phi) is 4.68. The number of nitrogens with one attached hydrogen (secondary N) is 1. The third-order valence-electron chi connectivity index (χ3n) is 3.35. The molecule has 2 heterocycles. The van der Waals surface area contributed by atoms with Gasteiger partial charge in [-0.15, -0.1) is 0 Å². The summed E-state index contributed by atoms with van der Waals surface area (Å²) in [5, 5.41) is 2.77. The monoisotopic (exact) mass is 305 g/mol. The number of pyridine rings is 1. The van der Waals surface area contributed by atoms with Gasteiger partial charge >= 0.3 is 6.09 Å². The van der Waals surface area contributed by atoms with Crippen molar-refractivity contribution >= 4 is 17.8 Å². The third-order valence-corrected chi connectivity index (χ3v) is 3.35. The van der Waals surface area contributed by atoms with Crippen molar-refractivity contribution in [1.82, 2.24) is 9.88 Å². The smallest absolute Gasteiger partial charge is 0.410 e. The number of carbonyl (C=O) groups is 2. The van der Waals surface area contributed by atoms with Crippen molar-refractivity contribution in [3.05, 3.63) is 23.9 Å². The number of amides is 2. The van der Waals surface area contributed by atoms with Crippen molar-refractivity contribution in [1.29, 1.82) is 0 Å². The number of carbonyl (C=O) groups excluding carboxylic acids is 2.